The van der Waals surface area contributed by atoms with Crippen molar-refractivity contribution < 1.29 is 9.53 Å². The highest BCUT2D eigenvalue weighted by atomic mass is 16.5. The molecule has 9 heteroatoms. The molecule has 9 nitrogen and oxygen atoms in total. The Labute approximate surface area is 111 Å². The summed E-state index contributed by atoms with van der Waals surface area (Å²) in [6.07, 6.45) is 0. The van der Waals surface area contributed by atoms with Crippen molar-refractivity contribution in [2.45, 2.75) is 6.92 Å². The third-order valence-corrected chi connectivity index (χ3v) is 2.40. The highest BCUT2D eigenvalue weighted by Gasteiger charge is 2.16. The maximum absolute atomic E-state index is 11.7. The normalized spacial score (nSPS) is 9.95. The molecule has 0 unspecified atom stereocenters. The number of nitrogens with zero attached hydrogens (tertiary/aromatic N) is 5. The molecule has 3 N–H and O–H groups in total. The lowest BCUT2D eigenvalue weighted by molar-refractivity contribution is -0.127. The maximum Gasteiger partial charge on any atom is 0.322 e. The lowest BCUT2D eigenvalue weighted by Crippen LogP contribution is -2.37. The highest BCUT2D eigenvalue weighted by Crippen LogP contribution is 2.14. The number of anilines is 2. The van der Waals surface area contributed by atoms with Gasteiger partial charge in [0.1, 0.15) is 0 Å². The number of hydrogen-bond donors (Lipinski definition) is 2. The van der Waals surface area contributed by atoms with Crippen LogP contribution in [0.4, 0.5) is 11.9 Å². The SMILES string of the molecule is CCN(CC(=O)N(C)C)c1nc(NN)nc(OC)n1. The van der Waals surface area contributed by atoms with Crippen molar-refractivity contribution in [1.29, 1.82) is 0 Å². The lowest BCUT2D eigenvalue weighted by atomic mass is 10.4. The van der Waals surface area contributed by atoms with Crippen molar-refractivity contribution in [1.82, 2.24) is 19.9 Å². The Morgan fingerprint density at radius 2 is 2.05 bits per heavy atom. The van der Waals surface area contributed by atoms with Gasteiger partial charge in [-0.15, -0.1) is 0 Å². The molecular formula is C10H19N7O2. The van der Waals surface area contributed by atoms with Crippen LogP contribution in [0.3, 0.4) is 0 Å². The van der Waals surface area contributed by atoms with Gasteiger partial charge in [0.2, 0.25) is 17.8 Å². The number of nitrogens with one attached hydrogen (secondary N) is 1. The number of likely N-dealkylation sites (N-methyl/N-ethyl adjacent to an activating group) is 2. The first-order chi connectivity index (χ1) is 9.01. The van der Waals surface area contributed by atoms with Gasteiger partial charge in [0.05, 0.1) is 13.7 Å². The number of amides is 1. The smallest absolute Gasteiger partial charge is 0.322 e. The summed E-state index contributed by atoms with van der Waals surface area (Å²) in [6.45, 7) is 2.63. The zero-order valence-corrected chi connectivity index (χ0v) is 11.5. The van der Waals surface area contributed by atoms with Crippen molar-refractivity contribution in [3.63, 3.8) is 0 Å². The monoisotopic (exact) mass is 269 g/mol. The Kier molecular flexibility index (Phi) is 5.24. The molecule has 0 radical (unpaired) electrons. The van der Waals surface area contributed by atoms with Crippen LogP contribution in [-0.2, 0) is 4.79 Å². The van der Waals surface area contributed by atoms with E-state index in [9.17, 15) is 4.79 Å². The Hall–Kier alpha value is -2.16. The predicted octanol–water partition coefficient (Wildman–Crippen LogP) is -0.920. The van der Waals surface area contributed by atoms with Crippen LogP contribution in [0.1, 0.15) is 6.92 Å². The van der Waals surface area contributed by atoms with Gasteiger partial charge in [0.15, 0.2) is 0 Å². The van der Waals surface area contributed by atoms with E-state index in [1.165, 1.54) is 12.0 Å². The van der Waals surface area contributed by atoms with Crippen LogP contribution in [0.25, 0.3) is 0 Å². The van der Waals surface area contributed by atoms with Crippen molar-refractivity contribution in [2.24, 2.45) is 5.84 Å². The minimum Gasteiger partial charge on any atom is -0.467 e. The topological polar surface area (TPSA) is 110 Å². The van der Waals surface area contributed by atoms with E-state index in [0.717, 1.165) is 0 Å². The number of hydrogen-bond acceptors (Lipinski definition) is 8. The number of carbonyl (C=O) groups is 1. The molecule has 0 saturated carbocycles. The van der Waals surface area contributed by atoms with Crippen molar-refractivity contribution >= 4 is 17.8 Å². The molecular weight excluding hydrogens is 250 g/mol. The fraction of sp³-hybridized carbons (Fsp3) is 0.600. The molecule has 0 saturated heterocycles. The van der Waals surface area contributed by atoms with Crippen LogP contribution < -0.4 is 20.9 Å². The summed E-state index contributed by atoms with van der Waals surface area (Å²) < 4.78 is 4.96. The Morgan fingerprint density at radius 1 is 1.37 bits per heavy atom. The van der Waals surface area contributed by atoms with E-state index >= 15 is 0 Å². The molecule has 1 rings (SSSR count). The average Bonchev–Trinajstić information content (AvgIpc) is 2.43. The van der Waals surface area contributed by atoms with Gasteiger partial charge in [-0.2, -0.15) is 15.0 Å². The first-order valence-corrected chi connectivity index (χ1v) is 5.73. The summed E-state index contributed by atoms with van der Waals surface area (Å²) in [5, 5.41) is 0. The first kappa shape index (κ1) is 14.9. The van der Waals surface area contributed by atoms with Gasteiger partial charge in [-0.25, -0.2) is 5.84 Å². The minimum absolute atomic E-state index is 0.0523. The number of hydrazine groups is 1. The number of methoxy groups -OCH3 is 1. The van der Waals surface area contributed by atoms with E-state index in [1.807, 2.05) is 6.92 Å². The number of aromatic nitrogens is 3. The first-order valence-electron chi connectivity index (χ1n) is 5.73. The number of nitrogen functional groups attached to an aromatic ring is 1. The van der Waals surface area contributed by atoms with Gasteiger partial charge in [-0.1, -0.05) is 0 Å². The number of carbonyl (C=O) groups excluding carboxylic acids is 1. The summed E-state index contributed by atoms with van der Waals surface area (Å²) in [5.74, 6) is 5.74. The Bertz CT molecular complexity index is 416. The van der Waals surface area contributed by atoms with Crippen molar-refractivity contribution in [2.75, 3.05) is 44.6 Å². The van der Waals surface area contributed by atoms with Gasteiger partial charge >= 0.3 is 6.01 Å². The van der Waals surface area contributed by atoms with Crippen LogP contribution in [0.15, 0.2) is 0 Å². The van der Waals surface area contributed by atoms with Crippen molar-refractivity contribution in [3.05, 3.63) is 0 Å². The van der Waals surface area contributed by atoms with Crippen LogP contribution in [0, 0.1) is 0 Å². The van der Waals surface area contributed by atoms with Gasteiger partial charge in [-0.05, 0) is 6.92 Å². The molecule has 106 valence electrons. The van der Waals surface area contributed by atoms with E-state index in [4.69, 9.17) is 10.6 Å². The van der Waals surface area contributed by atoms with Crippen LogP contribution in [0.2, 0.25) is 0 Å². The van der Waals surface area contributed by atoms with Crippen LogP contribution in [0.5, 0.6) is 6.01 Å². The number of rotatable bonds is 6. The van der Waals surface area contributed by atoms with Gasteiger partial charge in [-0.3, -0.25) is 10.2 Å². The van der Waals surface area contributed by atoms with E-state index in [-0.39, 0.29) is 24.4 Å². The Balaban J connectivity index is 3.00. The summed E-state index contributed by atoms with van der Waals surface area (Å²) in [6, 6.07) is 0.133. The van der Waals surface area contributed by atoms with Gasteiger partial charge in [0.25, 0.3) is 0 Å². The second-order valence-electron chi connectivity index (χ2n) is 3.89. The summed E-state index contributed by atoms with van der Waals surface area (Å²) in [7, 11) is 4.83. The standard InChI is InChI=1S/C10H19N7O2/c1-5-17(6-7(18)16(2)3)9-12-8(15-11)13-10(14-9)19-4/h5-6,11H2,1-4H3,(H,12,13,14,15). The molecule has 1 amide bonds. The average molecular weight is 269 g/mol. The van der Waals surface area contributed by atoms with Crippen LogP contribution in [-0.4, -0.2) is 60.1 Å². The van der Waals surface area contributed by atoms with Gasteiger partial charge < -0.3 is 14.5 Å². The molecule has 0 aliphatic rings. The summed E-state index contributed by atoms with van der Waals surface area (Å²) >= 11 is 0. The fourth-order valence-corrected chi connectivity index (χ4v) is 1.27. The van der Waals surface area contributed by atoms with E-state index in [1.54, 1.807) is 19.0 Å². The number of ether oxygens (including phenoxy) is 1. The molecule has 0 spiro atoms. The second kappa shape index (κ2) is 6.69. The third kappa shape index (κ3) is 3.91. The fourth-order valence-electron chi connectivity index (χ4n) is 1.27. The molecule has 1 heterocycles. The largest absolute Gasteiger partial charge is 0.467 e. The van der Waals surface area contributed by atoms with Crippen LogP contribution >= 0.6 is 0 Å². The highest BCUT2D eigenvalue weighted by molar-refractivity contribution is 5.80. The quantitative estimate of drug-likeness (QED) is 0.504. The zero-order chi connectivity index (χ0) is 14.4. The van der Waals surface area contributed by atoms with Gasteiger partial charge in [0, 0.05) is 20.6 Å². The molecule has 1 aromatic heterocycles. The molecule has 0 aromatic carbocycles. The maximum atomic E-state index is 11.7. The second-order valence-corrected chi connectivity index (χ2v) is 3.89. The van der Waals surface area contributed by atoms with E-state index in [0.29, 0.717) is 12.5 Å². The molecule has 0 atom stereocenters. The molecule has 0 aliphatic carbocycles. The molecule has 0 fully saturated rings. The zero-order valence-electron chi connectivity index (χ0n) is 11.5. The molecule has 19 heavy (non-hydrogen) atoms. The van der Waals surface area contributed by atoms with Crippen molar-refractivity contribution in [3.8, 4) is 6.01 Å². The molecule has 1 aromatic rings. The summed E-state index contributed by atoms with van der Waals surface area (Å²) in [5.41, 5.74) is 2.33. The third-order valence-electron chi connectivity index (χ3n) is 2.40. The lowest BCUT2D eigenvalue weighted by Gasteiger charge is -2.22. The minimum atomic E-state index is -0.0523. The molecule has 0 bridgehead atoms. The Morgan fingerprint density at radius 3 is 2.53 bits per heavy atom. The summed E-state index contributed by atoms with van der Waals surface area (Å²) in [4.78, 5) is 27.0. The molecule has 0 aliphatic heterocycles. The number of nitrogens with two attached hydrogens (primary N) is 1. The van der Waals surface area contributed by atoms with E-state index in [2.05, 4.69) is 20.4 Å². The predicted molar refractivity (Wildman–Crippen MR) is 70.8 cm³/mol. The van der Waals surface area contributed by atoms with E-state index < -0.39 is 0 Å².